The third-order valence-electron chi connectivity index (χ3n) is 3.13. The average molecular weight is 318 g/mol. The van der Waals surface area contributed by atoms with Gasteiger partial charge in [-0.3, -0.25) is 0 Å². The van der Waals surface area contributed by atoms with Crippen LogP contribution in [0.1, 0.15) is 31.7 Å². The first-order valence-corrected chi connectivity index (χ1v) is 9.36. The minimum Gasteiger partial charge on any atom is -0.316 e. The van der Waals surface area contributed by atoms with Crippen LogP contribution in [0.25, 0.3) is 0 Å². The van der Waals surface area contributed by atoms with E-state index in [1.807, 2.05) is 24.3 Å². The molecule has 1 rings (SSSR count). The van der Waals surface area contributed by atoms with E-state index >= 15 is 0 Å². The molecule has 0 fully saturated rings. The van der Waals surface area contributed by atoms with Crippen molar-refractivity contribution >= 4 is 21.4 Å². The Labute approximate surface area is 127 Å². The molecule has 5 heteroatoms. The molecule has 0 saturated carbocycles. The second-order valence-electron chi connectivity index (χ2n) is 5.69. The summed E-state index contributed by atoms with van der Waals surface area (Å²) in [4.78, 5) is 0. The molecule has 0 aliphatic heterocycles. The predicted octanol–water partition coefficient (Wildman–Crippen LogP) is 3.10. The van der Waals surface area contributed by atoms with Gasteiger partial charge in [0.15, 0.2) is 0 Å². The first-order chi connectivity index (χ1) is 9.29. The molecule has 1 aromatic carbocycles. The molecular weight excluding hydrogens is 294 g/mol. The number of rotatable bonds is 8. The van der Waals surface area contributed by atoms with Gasteiger partial charge in [-0.2, -0.15) is 0 Å². The zero-order chi connectivity index (χ0) is 15.2. The van der Waals surface area contributed by atoms with Crippen molar-refractivity contribution in [3.63, 3.8) is 0 Å². The molecule has 114 valence electrons. The summed E-state index contributed by atoms with van der Waals surface area (Å²) in [6, 6.07) is 7.66. The lowest BCUT2D eigenvalue weighted by Gasteiger charge is -2.20. The predicted molar refractivity (Wildman–Crippen MR) is 86.2 cm³/mol. The molecule has 20 heavy (non-hydrogen) atoms. The summed E-state index contributed by atoms with van der Waals surface area (Å²) in [5.74, 6) is 0.876. The van der Waals surface area contributed by atoms with E-state index in [2.05, 4.69) is 19.2 Å². The molecule has 1 atom stereocenters. The first kappa shape index (κ1) is 17.5. The van der Waals surface area contributed by atoms with E-state index in [0.717, 1.165) is 18.7 Å². The van der Waals surface area contributed by atoms with Crippen LogP contribution < -0.4 is 5.32 Å². The zero-order valence-corrected chi connectivity index (χ0v) is 14.0. The Hall–Kier alpha value is -0.580. The van der Waals surface area contributed by atoms with Gasteiger partial charge in [0.2, 0.25) is 0 Å². The van der Waals surface area contributed by atoms with Gasteiger partial charge in [-0.15, -0.1) is 0 Å². The maximum absolute atomic E-state index is 11.4. The van der Waals surface area contributed by atoms with Crippen molar-refractivity contribution in [3.05, 3.63) is 34.9 Å². The highest BCUT2D eigenvalue weighted by Gasteiger charge is 2.16. The van der Waals surface area contributed by atoms with Gasteiger partial charge in [-0.05, 0) is 36.4 Å². The molecule has 0 amide bonds. The Bertz CT molecular complexity index is 514. The van der Waals surface area contributed by atoms with Crippen molar-refractivity contribution in [2.24, 2.45) is 5.92 Å². The lowest BCUT2D eigenvalue weighted by molar-refractivity contribution is 0.507. The van der Waals surface area contributed by atoms with Crippen LogP contribution >= 0.6 is 11.6 Å². The van der Waals surface area contributed by atoms with E-state index in [1.165, 1.54) is 6.26 Å². The minimum atomic E-state index is -2.95. The lowest BCUT2D eigenvalue weighted by Crippen LogP contribution is -2.26. The van der Waals surface area contributed by atoms with Crippen LogP contribution in [-0.4, -0.2) is 33.5 Å². The quantitative estimate of drug-likeness (QED) is 0.801. The van der Waals surface area contributed by atoms with Gasteiger partial charge in [0, 0.05) is 17.8 Å². The number of hydrogen-bond donors (Lipinski definition) is 1. The molecule has 0 aromatic heterocycles. The van der Waals surface area contributed by atoms with Crippen LogP contribution in [0.3, 0.4) is 0 Å². The largest absolute Gasteiger partial charge is 0.316 e. The SMILES string of the molecule is CC(C)CNCC(CCS(C)(=O)=O)c1ccccc1Cl. The Morgan fingerprint density at radius 1 is 1.20 bits per heavy atom. The second-order valence-corrected chi connectivity index (χ2v) is 8.36. The number of halogens is 1. The fraction of sp³-hybridized carbons (Fsp3) is 0.600. The van der Waals surface area contributed by atoms with Gasteiger partial charge in [0.25, 0.3) is 0 Å². The normalized spacial score (nSPS) is 13.7. The standard InChI is InChI=1S/C15H24ClNO2S/c1-12(2)10-17-11-13(8-9-20(3,18)19)14-6-4-5-7-15(14)16/h4-7,12-13,17H,8-11H2,1-3H3. The van der Waals surface area contributed by atoms with Crippen LogP contribution in [0.15, 0.2) is 24.3 Å². The minimum absolute atomic E-state index is 0.122. The van der Waals surface area contributed by atoms with Crippen LogP contribution in [0, 0.1) is 5.92 Å². The van der Waals surface area contributed by atoms with E-state index in [0.29, 0.717) is 17.4 Å². The molecule has 0 radical (unpaired) electrons. The average Bonchev–Trinajstić information content (AvgIpc) is 2.33. The zero-order valence-electron chi connectivity index (χ0n) is 12.4. The molecule has 0 aliphatic rings. The smallest absolute Gasteiger partial charge is 0.147 e. The maximum atomic E-state index is 11.4. The summed E-state index contributed by atoms with van der Waals surface area (Å²) < 4.78 is 22.8. The molecule has 0 bridgehead atoms. The summed E-state index contributed by atoms with van der Waals surface area (Å²) in [6.45, 7) is 5.96. The van der Waals surface area contributed by atoms with Crippen molar-refractivity contribution in [2.45, 2.75) is 26.2 Å². The number of nitrogens with one attached hydrogen (secondary N) is 1. The Balaban J connectivity index is 2.76. The van der Waals surface area contributed by atoms with E-state index < -0.39 is 9.84 Å². The van der Waals surface area contributed by atoms with Crippen LogP contribution in [0.4, 0.5) is 0 Å². The topological polar surface area (TPSA) is 46.2 Å². The second kappa shape index (κ2) is 8.01. The van der Waals surface area contributed by atoms with E-state index in [4.69, 9.17) is 11.6 Å². The first-order valence-electron chi connectivity index (χ1n) is 6.92. The van der Waals surface area contributed by atoms with Crippen LogP contribution in [0.5, 0.6) is 0 Å². The highest BCUT2D eigenvalue weighted by atomic mass is 35.5. The van der Waals surface area contributed by atoms with Crippen molar-refractivity contribution < 1.29 is 8.42 Å². The van der Waals surface area contributed by atoms with Crippen molar-refractivity contribution in [1.82, 2.24) is 5.32 Å². The Morgan fingerprint density at radius 2 is 1.85 bits per heavy atom. The third kappa shape index (κ3) is 6.73. The van der Waals surface area contributed by atoms with Crippen molar-refractivity contribution in [2.75, 3.05) is 25.1 Å². The number of hydrogen-bond acceptors (Lipinski definition) is 3. The van der Waals surface area contributed by atoms with Gasteiger partial charge in [-0.1, -0.05) is 43.6 Å². The lowest BCUT2D eigenvalue weighted by atomic mass is 9.96. The number of sulfone groups is 1. The highest BCUT2D eigenvalue weighted by Crippen LogP contribution is 2.27. The molecule has 0 spiro atoms. The molecule has 1 unspecified atom stereocenters. The fourth-order valence-corrected chi connectivity index (χ4v) is 3.08. The van der Waals surface area contributed by atoms with Crippen molar-refractivity contribution in [3.8, 4) is 0 Å². The molecule has 0 heterocycles. The van der Waals surface area contributed by atoms with Crippen LogP contribution in [0.2, 0.25) is 5.02 Å². The van der Waals surface area contributed by atoms with Gasteiger partial charge < -0.3 is 5.32 Å². The van der Waals surface area contributed by atoms with E-state index in [-0.39, 0.29) is 11.7 Å². The van der Waals surface area contributed by atoms with E-state index in [1.54, 1.807) is 0 Å². The molecule has 0 aliphatic carbocycles. The molecular formula is C15H24ClNO2S. The van der Waals surface area contributed by atoms with Gasteiger partial charge in [0.1, 0.15) is 9.84 Å². The fourth-order valence-electron chi connectivity index (χ4n) is 2.08. The van der Waals surface area contributed by atoms with Crippen molar-refractivity contribution in [1.29, 1.82) is 0 Å². The van der Waals surface area contributed by atoms with E-state index in [9.17, 15) is 8.42 Å². The number of benzene rings is 1. The summed E-state index contributed by atoms with van der Waals surface area (Å²) in [7, 11) is -2.95. The van der Waals surface area contributed by atoms with Crippen LogP contribution in [-0.2, 0) is 9.84 Å². The Morgan fingerprint density at radius 3 is 2.40 bits per heavy atom. The highest BCUT2D eigenvalue weighted by molar-refractivity contribution is 7.90. The molecule has 1 aromatic rings. The molecule has 0 saturated heterocycles. The molecule has 3 nitrogen and oxygen atoms in total. The summed E-state index contributed by atoms with van der Waals surface area (Å²) >= 11 is 6.23. The molecule has 1 N–H and O–H groups in total. The third-order valence-corrected chi connectivity index (χ3v) is 4.45. The summed E-state index contributed by atoms with van der Waals surface area (Å²) in [6.07, 6.45) is 1.87. The van der Waals surface area contributed by atoms with Gasteiger partial charge in [-0.25, -0.2) is 8.42 Å². The Kier molecular flexibility index (Phi) is 7.00. The maximum Gasteiger partial charge on any atom is 0.147 e. The monoisotopic (exact) mass is 317 g/mol. The van der Waals surface area contributed by atoms with Gasteiger partial charge in [0.05, 0.1) is 5.75 Å². The summed E-state index contributed by atoms with van der Waals surface area (Å²) in [5.41, 5.74) is 1.02. The van der Waals surface area contributed by atoms with Gasteiger partial charge >= 0.3 is 0 Å². The summed E-state index contributed by atoms with van der Waals surface area (Å²) in [5, 5.41) is 4.10.